The van der Waals surface area contributed by atoms with Gasteiger partial charge in [0.15, 0.2) is 5.88 Å². The molecule has 0 saturated carbocycles. The molecular formula is C30H44N2O9. The molecule has 228 valence electrons. The van der Waals surface area contributed by atoms with Gasteiger partial charge in [-0.2, -0.15) is 0 Å². The molecule has 0 radical (unpaired) electrons. The van der Waals surface area contributed by atoms with Gasteiger partial charge in [0.1, 0.15) is 24.7 Å². The van der Waals surface area contributed by atoms with Crippen molar-refractivity contribution in [2.45, 2.75) is 26.7 Å². The van der Waals surface area contributed by atoms with Crippen LogP contribution in [0.5, 0.6) is 17.4 Å². The summed E-state index contributed by atoms with van der Waals surface area (Å²) in [7, 11) is 0. The predicted molar refractivity (Wildman–Crippen MR) is 153 cm³/mol. The fraction of sp³-hybridized carbons (Fsp3) is 0.533. The van der Waals surface area contributed by atoms with Crippen LogP contribution < -0.4 is 9.47 Å². The summed E-state index contributed by atoms with van der Waals surface area (Å²) in [6.07, 6.45) is 0. The summed E-state index contributed by atoms with van der Waals surface area (Å²) in [5, 5.41) is 27.8. The largest absolute Gasteiger partial charge is 0.495 e. The lowest BCUT2D eigenvalue weighted by Gasteiger charge is -2.21. The molecule has 5 N–H and O–H groups in total. The van der Waals surface area contributed by atoms with E-state index < -0.39 is 0 Å². The molecule has 0 fully saturated rings. The van der Waals surface area contributed by atoms with Crippen molar-refractivity contribution in [3.8, 4) is 17.4 Å². The number of H-pyrrole nitrogens is 2. The van der Waals surface area contributed by atoms with Gasteiger partial charge in [0.2, 0.25) is 0 Å². The third-order valence-electron chi connectivity index (χ3n) is 6.25. The standard InChI is InChI=1S/C30H44N2O9/c1-21-16-23(3)31-29(21)28(30-22(2)17-27(35)32-30)24-18-25(40-14-12-38-10-8-36-6-4-33)20-26(19-24)41-15-13-39-11-9-37-7-5-34/h16-20,28,31-35H,4-15H2,1-3H3. The molecule has 1 unspecified atom stereocenters. The van der Waals surface area contributed by atoms with Crippen LogP contribution >= 0.6 is 0 Å². The van der Waals surface area contributed by atoms with Crippen LogP contribution in [0.15, 0.2) is 30.3 Å². The Balaban J connectivity index is 1.77. The van der Waals surface area contributed by atoms with Crippen LogP contribution in [0, 0.1) is 20.8 Å². The van der Waals surface area contributed by atoms with Gasteiger partial charge in [0.05, 0.1) is 72.0 Å². The van der Waals surface area contributed by atoms with E-state index in [-0.39, 0.29) is 38.2 Å². The van der Waals surface area contributed by atoms with E-state index in [2.05, 4.69) is 23.0 Å². The molecule has 11 nitrogen and oxygen atoms in total. The van der Waals surface area contributed by atoms with Crippen molar-refractivity contribution in [1.82, 2.24) is 9.97 Å². The third kappa shape index (κ3) is 10.7. The number of ether oxygens (including phenoxy) is 6. The van der Waals surface area contributed by atoms with Gasteiger partial charge < -0.3 is 53.7 Å². The number of hydrogen-bond donors (Lipinski definition) is 5. The van der Waals surface area contributed by atoms with Gasteiger partial charge in [0, 0.05) is 29.2 Å². The van der Waals surface area contributed by atoms with Crippen molar-refractivity contribution < 1.29 is 43.7 Å². The fourth-order valence-corrected chi connectivity index (χ4v) is 4.52. The number of hydrogen-bond acceptors (Lipinski definition) is 9. The summed E-state index contributed by atoms with van der Waals surface area (Å²) in [5.74, 6) is 1.11. The van der Waals surface area contributed by atoms with Gasteiger partial charge in [-0.05, 0) is 55.7 Å². The van der Waals surface area contributed by atoms with Crippen molar-refractivity contribution in [1.29, 1.82) is 0 Å². The second-order valence-corrected chi connectivity index (χ2v) is 9.56. The Morgan fingerprint density at radius 2 is 1.05 bits per heavy atom. The molecule has 2 heterocycles. The van der Waals surface area contributed by atoms with Gasteiger partial charge in [-0.25, -0.2) is 0 Å². The smallest absolute Gasteiger partial charge is 0.188 e. The van der Waals surface area contributed by atoms with Crippen molar-refractivity contribution in [2.75, 3.05) is 79.3 Å². The second-order valence-electron chi connectivity index (χ2n) is 9.56. The molecule has 3 aromatic rings. The zero-order valence-corrected chi connectivity index (χ0v) is 24.2. The Hall–Kier alpha value is -3.06. The summed E-state index contributed by atoms with van der Waals surface area (Å²) in [5.41, 5.74) is 5.87. The van der Waals surface area contributed by atoms with Gasteiger partial charge in [-0.15, -0.1) is 0 Å². The molecule has 0 amide bonds. The van der Waals surface area contributed by atoms with E-state index in [9.17, 15) is 5.11 Å². The van der Waals surface area contributed by atoms with Gasteiger partial charge >= 0.3 is 0 Å². The maximum absolute atomic E-state index is 10.2. The van der Waals surface area contributed by atoms with Crippen molar-refractivity contribution in [3.05, 3.63) is 64.1 Å². The number of nitrogens with one attached hydrogen (secondary N) is 2. The van der Waals surface area contributed by atoms with Crippen LogP contribution in [0.25, 0.3) is 0 Å². The minimum atomic E-state index is -0.240. The van der Waals surface area contributed by atoms with Gasteiger partial charge in [-0.3, -0.25) is 0 Å². The average Bonchev–Trinajstić information content (AvgIpc) is 3.45. The molecule has 2 aromatic heterocycles. The Bertz CT molecular complexity index is 1080. The molecule has 1 atom stereocenters. The van der Waals surface area contributed by atoms with Crippen LogP contribution in [0.4, 0.5) is 0 Å². The maximum Gasteiger partial charge on any atom is 0.188 e. The first-order valence-corrected chi connectivity index (χ1v) is 13.9. The zero-order chi connectivity index (χ0) is 29.5. The van der Waals surface area contributed by atoms with Gasteiger partial charge in [-0.1, -0.05) is 0 Å². The van der Waals surface area contributed by atoms with E-state index >= 15 is 0 Å². The molecular weight excluding hydrogens is 532 g/mol. The minimum Gasteiger partial charge on any atom is -0.495 e. The molecule has 11 heteroatoms. The van der Waals surface area contributed by atoms with Crippen molar-refractivity contribution in [3.63, 3.8) is 0 Å². The molecule has 0 aliphatic carbocycles. The van der Waals surface area contributed by atoms with Crippen LogP contribution in [0.2, 0.25) is 0 Å². The first-order valence-electron chi connectivity index (χ1n) is 13.9. The third-order valence-corrected chi connectivity index (χ3v) is 6.25. The second kappa shape index (κ2) is 17.7. The molecule has 0 aliphatic heterocycles. The van der Waals surface area contributed by atoms with Crippen molar-refractivity contribution >= 4 is 0 Å². The number of rotatable bonds is 21. The molecule has 41 heavy (non-hydrogen) atoms. The van der Waals surface area contributed by atoms with E-state index in [1.165, 1.54) is 0 Å². The summed E-state index contributed by atoms with van der Waals surface area (Å²) in [6, 6.07) is 9.60. The predicted octanol–water partition coefficient (Wildman–Crippen LogP) is 2.96. The molecule has 0 spiro atoms. The molecule has 0 aliphatic rings. The zero-order valence-electron chi connectivity index (χ0n) is 24.2. The fourth-order valence-electron chi connectivity index (χ4n) is 4.52. The average molecular weight is 577 g/mol. The Labute approximate surface area is 241 Å². The highest BCUT2D eigenvalue weighted by molar-refractivity contribution is 5.50. The Kier molecular flexibility index (Phi) is 14.0. The highest BCUT2D eigenvalue weighted by Crippen LogP contribution is 2.39. The number of aromatic amines is 2. The summed E-state index contributed by atoms with van der Waals surface area (Å²) >= 11 is 0. The highest BCUT2D eigenvalue weighted by Gasteiger charge is 2.25. The number of benzene rings is 1. The summed E-state index contributed by atoms with van der Waals surface area (Å²) in [6.45, 7) is 9.62. The van der Waals surface area contributed by atoms with Crippen LogP contribution in [-0.4, -0.2) is 105 Å². The minimum absolute atomic E-state index is 0.0147. The first-order chi connectivity index (χ1) is 19.9. The number of aromatic nitrogens is 2. The normalized spacial score (nSPS) is 12.1. The van der Waals surface area contributed by atoms with Crippen molar-refractivity contribution in [2.24, 2.45) is 0 Å². The number of aliphatic hydroxyl groups is 2. The Morgan fingerprint density at radius 1 is 0.585 bits per heavy atom. The first kappa shape index (κ1) is 32.5. The summed E-state index contributed by atoms with van der Waals surface area (Å²) < 4.78 is 33.7. The van der Waals surface area contributed by atoms with E-state index in [0.29, 0.717) is 64.4 Å². The summed E-state index contributed by atoms with van der Waals surface area (Å²) in [4.78, 5) is 6.64. The van der Waals surface area contributed by atoms with E-state index in [4.69, 9.17) is 38.6 Å². The molecule has 0 saturated heterocycles. The van der Waals surface area contributed by atoms with Crippen LogP contribution in [-0.2, 0) is 18.9 Å². The quantitative estimate of drug-likeness (QED) is 0.121. The Morgan fingerprint density at radius 3 is 1.49 bits per heavy atom. The van der Waals surface area contributed by atoms with Gasteiger partial charge in [0.25, 0.3) is 0 Å². The van der Waals surface area contributed by atoms with E-state index in [1.807, 2.05) is 32.0 Å². The lowest BCUT2D eigenvalue weighted by molar-refractivity contribution is 0.0241. The number of aliphatic hydroxyl groups excluding tert-OH is 2. The SMILES string of the molecule is Cc1cc(C)c(C(c2cc(OCCOCCOCCO)cc(OCCOCCOCCO)c2)c2[nH]c(O)cc2C)[nH]1. The molecule has 1 aromatic carbocycles. The maximum atomic E-state index is 10.2. The van der Waals surface area contributed by atoms with Crippen LogP contribution in [0.3, 0.4) is 0 Å². The van der Waals surface area contributed by atoms with Crippen LogP contribution in [0.1, 0.15) is 39.7 Å². The monoisotopic (exact) mass is 576 g/mol. The van der Waals surface area contributed by atoms with E-state index in [1.54, 1.807) is 6.07 Å². The van der Waals surface area contributed by atoms with E-state index in [0.717, 1.165) is 33.8 Å². The molecule has 0 bridgehead atoms. The number of aryl methyl sites for hydroxylation is 3. The highest BCUT2D eigenvalue weighted by atomic mass is 16.6. The number of aromatic hydroxyl groups is 1. The lowest BCUT2D eigenvalue weighted by atomic mass is 9.88. The molecule has 3 rings (SSSR count). The lowest BCUT2D eigenvalue weighted by Crippen LogP contribution is -2.13. The topological polar surface area (TPSA) is 148 Å².